The van der Waals surface area contributed by atoms with Crippen molar-refractivity contribution in [2.75, 3.05) is 25.2 Å². The van der Waals surface area contributed by atoms with Gasteiger partial charge >= 0.3 is 0 Å². The molecule has 6 rings (SSSR count). The highest BCUT2D eigenvalue weighted by molar-refractivity contribution is 6.10. The highest BCUT2D eigenvalue weighted by Gasteiger charge is 2.34. The van der Waals surface area contributed by atoms with Gasteiger partial charge in [0.2, 0.25) is 0 Å². The number of rotatable bonds is 9. The lowest BCUT2D eigenvalue weighted by atomic mass is 9.98. The number of pyridine rings is 1. The summed E-state index contributed by atoms with van der Waals surface area (Å²) >= 11 is 0. The first-order valence-electron chi connectivity index (χ1n) is 12.9. The summed E-state index contributed by atoms with van der Waals surface area (Å²) in [4.78, 5) is 19.9. The van der Waals surface area contributed by atoms with Crippen LogP contribution >= 0.6 is 0 Å². The molecular formula is C29H28F2N6O2. The Hall–Kier alpha value is -4.02. The Kier molecular flexibility index (Phi) is 6.66. The van der Waals surface area contributed by atoms with Crippen molar-refractivity contribution >= 4 is 11.7 Å². The van der Waals surface area contributed by atoms with E-state index in [1.54, 1.807) is 37.2 Å². The smallest absolute Gasteiger partial charge is 0.260 e. The fourth-order valence-corrected chi connectivity index (χ4v) is 5.01. The lowest BCUT2D eigenvalue weighted by Crippen LogP contribution is -2.24. The normalized spacial score (nSPS) is 14.8. The van der Waals surface area contributed by atoms with Crippen molar-refractivity contribution in [2.24, 2.45) is 7.05 Å². The van der Waals surface area contributed by atoms with Crippen LogP contribution in [-0.4, -0.2) is 45.9 Å². The van der Waals surface area contributed by atoms with Gasteiger partial charge in [-0.3, -0.25) is 9.69 Å². The van der Waals surface area contributed by atoms with Gasteiger partial charge in [0, 0.05) is 55.5 Å². The third kappa shape index (κ3) is 4.93. The van der Waals surface area contributed by atoms with E-state index in [0.29, 0.717) is 59.5 Å². The Balaban J connectivity index is 1.38. The quantitative estimate of drug-likeness (QED) is 0.319. The molecule has 1 aliphatic carbocycles. The van der Waals surface area contributed by atoms with Gasteiger partial charge in [0.25, 0.3) is 5.91 Å². The van der Waals surface area contributed by atoms with Crippen LogP contribution in [0.25, 0.3) is 22.5 Å². The van der Waals surface area contributed by atoms with Crippen LogP contribution in [0.4, 0.5) is 14.6 Å². The van der Waals surface area contributed by atoms with E-state index < -0.39 is 5.82 Å². The number of anilines is 1. The Morgan fingerprint density at radius 1 is 1.08 bits per heavy atom. The third-order valence-electron chi connectivity index (χ3n) is 7.21. The number of hydrogen-bond acceptors (Lipinski definition) is 6. The first-order valence-corrected chi connectivity index (χ1v) is 12.9. The summed E-state index contributed by atoms with van der Waals surface area (Å²) in [5.41, 5.74) is 4.38. The van der Waals surface area contributed by atoms with E-state index in [-0.39, 0.29) is 18.3 Å². The van der Waals surface area contributed by atoms with Crippen molar-refractivity contribution in [3.63, 3.8) is 0 Å². The van der Waals surface area contributed by atoms with Gasteiger partial charge in [0.1, 0.15) is 23.8 Å². The van der Waals surface area contributed by atoms with Gasteiger partial charge in [-0.25, -0.2) is 13.8 Å². The molecule has 3 heterocycles. The maximum Gasteiger partial charge on any atom is 0.260 e. The number of aromatic nitrogens is 4. The molecule has 2 aromatic heterocycles. The van der Waals surface area contributed by atoms with E-state index >= 15 is 4.39 Å². The van der Waals surface area contributed by atoms with Gasteiger partial charge in [-0.2, -0.15) is 0 Å². The molecule has 8 nitrogen and oxygen atoms in total. The van der Waals surface area contributed by atoms with Crippen molar-refractivity contribution in [3.8, 4) is 22.5 Å². The maximum absolute atomic E-state index is 15.1. The predicted octanol–water partition coefficient (Wildman–Crippen LogP) is 4.60. The van der Waals surface area contributed by atoms with Gasteiger partial charge in [-0.05, 0) is 65.9 Å². The molecule has 2 aromatic carbocycles. The van der Waals surface area contributed by atoms with E-state index in [2.05, 4.69) is 15.5 Å². The van der Waals surface area contributed by atoms with Crippen LogP contribution in [0.3, 0.4) is 0 Å². The number of amides is 1. The molecule has 39 heavy (non-hydrogen) atoms. The molecule has 1 N–H and O–H groups in total. The summed E-state index contributed by atoms with van der Waals surface area (Å²) < 4.78 is 36.3. The molecule has 1 aliphatic heterocycles. The fourth-order valence-electron chi connectivity index (χ4n) is 5.01. The molecule has 10 heteroatoms. The van der Waals surface area contributed by atoms with Crippen molar-refractivity contribution in [2.45, 2.75) is 31.8 Å². The largest absolute Gasteiger partial charge is 0.383 e. The molecule has 0 radical (unpaired) electrons. The summed E-state index contributed by atoms with van der Waals surface area (Å²) in [6.45, 7) is 1.68. The predicted molar refractivity (Wildman–Crippen MR) is 142 cm³/mol. The zero-order chi connectivity index (χ0) is 27.1. The molecule has 0 spiro atoms. The average molecular weight is 531 g/mol. The molecule has 1 amide bonds. The number of carbonyl (C=O) groups excluding carboxylic acids is 1. The van der Waals surface area contributed by atoms with E-state index in [1.807, 2.05) is 12.1 Å². The molecule has 4 aromatic rings. The van der Waals surface area contributed by atoms with Crippen LogP contribution < -0.4 is 10.2 Å². The first kappa shape index (κ1) is 25.3. The van der Waals surface area contributed by atoms with Crippen LogP contribution in [0, 0.1) is 11.6 Å². The number of ether oxygens (including phenoxy) is 1. The number of aryl methyl sites for hydroxylation is 1. The van der Waals surface area contributed by atoms with Gasteiger partial charge in [0.05, 0.1) is 13.2 Å². The van der Waals surface area contributed by atoms with Gasteiger partial charge in [-0.15, -0.1) is 10.2 Å². The number of nitrogens with one attached hydrogen (secondary N) is 1. The Morgan fingerprint density at radius 2 is 1.92 bits per heavy atom. The second-order valence-corrected chi connectivity index (χ2v) is 10.0. The number of methoxy groups -OCH3 is 1. The molecule has 0 unspecified atom stereocenters. The third-order valence-corrected chi connectivity index (χ3v) is 7.21. The molecular weight excluding hydrogens is 502 g/mol. The van der Waals surface area contributed by atoms with Crippen molar-refractivity contribution in [3.05, 3.63) is 82.8 Å². The minimum atomic E-state index is -0.409. The second kappa shape index (κ2) is 10.3. The zero-order valence-corrected chi connectivity index (χ0v) is 21.7. The fraction of sp³-hybridized carbons (Fsp3) is 0.310. The van der Waals surface area contributed by atoms with E-state index in [0.717, 1.165) is 29.7 Å². The van der Waals surface area contributed by atoms with E-state index in [1.165, 1.54) is 23.1 Å². The van der Waals surface area contributed by atoms with Crippen molar-refractivity contribution in [1.82, 2.24) is 25.1 Å². The van der Waals surface area contributed by atoms with Gasteiger partial charge < -0.3 is 14.6 Å². The first-order chi connectivity index (χ1) is 18.9. The standard InChI is InChI=1S/C29H28F2N6O2/c1-36-16-33-35-28(36)22-13-20(30)5-6-21(22)19-11-26(18-3-4-18)34-27(12-19)37-15-24-23(29(37)38)9-17(10-25(24)31)14-32-7-8-39-2/h5-6,9-13,16,18,32H,3-4,7-8,14-15H2,1-2H3. The van der Waals surface area contributed by atoms with Crippen LogP contribution in [0.2, 0.25) is 0 Å². The SMILES string of the molecule is COCCNCc1cc(F)c2c(c1)C(=O)N(c1cc(-c3ccc(F)cc3-c3nncn3C)cc(C3CC3)n1)C2. The van der Waals surface area contributed by atoms with Crippen LogP contribution in [-0.2, 0) is 24.9 Å². The number of fused-ring (bicyclic) bond motifs is 1. The summed E-state index contributed by atoms with van der Waals surface area (Å²) in [5.74, 6) is 0.179. The lowest BCUT2D eigenvalue weighted by Gasteiger charge is -2.18. The Bertz CT molecular complexity index is 1570. The second-order valence-electron chi connectivity index (χ2n) is 10.0. The lowest BCUT2D eigenvalue weighted by molar-refractivity contribution is 0.0995. The van der Waals surface area contributed by atoms with Gasteiger partial charge in [0.15, 0.2) is 5.82 Å². The van der Waals surface area contributed by atoms with Crippen molar-refractivity contribution < 1.29 is 18.3 Å². The Morgan fingerprint density at radius 3 is 2.67 bits per heavy atom. The Labute approximate surface area is 224 Å². The molecule has 1 fully saturated rings. The minimum Gasteiger partial charge on any atom is -0.383 e. The highest BCUT2D eigenvalue weighted by Crippen LogP contribution is 2.43. The minimum absolute atomic E-state index is 0.0947. The molecule has 2 aliphatic rings. The number of halogens is 2. The zero-order valence-electron chi connectivity index (χ0n) is 21.7. The molecule has 0 atom stereocenters. The molecule has 200 valence electrons. The maximum atomic E-state index is 15.1. The summed E-state index contributed by atoms with van der Waals surface area (Å²) in [6.07, 6.45) is 3.59. The highest BCUT2D eigenvalue weighted by atomic mass is 19.1. The summed E-state index contributed by atoms with van der Waals surface area (Å²) in [5, 5.41) is 11.3. The van der Waals surface area contributed by atoms with Crippen LogP contribution in [0.1, 0.15) is 45.9 Å². The monoisotopic (exact) mass is 530 g/mol. The summed E-state index contributed by atoms with van der Waals surface area (Å²) in [7, 11) is 3.42. The average Bonchev–Trinajstić information content (AvgIpc) is 3.61. The number of carbonyl (C=O) groups is 1. The number of benzene rings is 2. The van der Waals surface area contributed by atoms with Gasteiger partial charge in [-0.1, -0.05) is 6.07 Å². The topological polar surface area (TPSA) is 85.2 Å². The molecule has 1 saturated carbocycles. The van der Waals surface area contributed by atoms with E-state index in [4.69, 9.17) is 9.72 Å². The molecule has 0 bridgehead atoms. The summed E-state index contributed by atoms with van der Waals surface area (Å²) in [6, 6.07) is 11.6. The number of hydrogen-bond donors (Lipinski definition) is 1. The van der Waals surface area contributed by atoms with Crippen LogP contribution in [0.5, 0.6) is 0 Å². The van der Waals surface area contributed by atoms with Crippen LogP contribution in [0.15, 0.2) is 48.8 Å². The van der Waals surface area contributed by atoms with E-state index in [9.17, 15) is 9.18 Å². The van der Waals surface area contributed by atoms with Crippen molar-refractivity contribution in [1.29, 1.82) is 0 Å². The number of nitrogens with zero attached hydrogens (tertiary/aromatic N) is 5. The molecule has 0 saturated heterocycles.